The normalized spacial score (nSPS) is 10.1. The third-order valence-corrected chi connectivity index (χ3v) is 2.90. The van der Waals surface area contributed by atoms with Crippen molar-refractivity contribution in [1.82, 2.24) is 4.98 Å². The number of rotatable bonds is 5. The van der Waals surface area contributed by atoms with Gasteiger partial charge in [0, 0.05) is 23.7 Å². The lowest BCUT2D eigenvalue weighted by Gasteiger charge is -2.07. The van der Waals surface area contributed by atoms with E-state index in [0.717, 1.165) is 5.69 Å². The van der Waals surface area contributed by atoms with E-state index in [2.05, 4.69) is 10.3 Å². The van der Waals surface area contributed by atoms with Crippen LogP contribution in [0.3, 0.4) is 0 Å². The summed E-state index contributed by atoms with van der Waals surface area (Å²) in [6, 6.07) is 7.95. The number of methoxy groups -OCH3 is 1. The molecular formula is C13H12ClN3O3. The Kier molecular flexibility index (Phi) is 4.37. The molecule has 0 radical (unpaired) electrons. The fourth-order valence-corrected chi connectivity index (χ4v) is 1.87. The molecule has 1 heterocycles. The Bertz CT molecular complexity index is 617. The zero-order valence-electron chi connectivity index (χ0n) is 10.7. The van der Waals surface area contributed by atoms with Crippen molar-refractivity contribution in [2.45, 2.75) is 6.54 Å². The highest BCUT2D eigenvalue weighted by atomic mass is 35.5. The first-order valence-corrected chi connectivity index (χ1v) is 6.14. The molecule has 0 aliphatic rings. The van der Waals surface area contributed by atoms with Gasteiger partial charge in [-0.2, -0.15) is 0 Å². The van der Waals surface area contributed by atoms with Crippen molar-refractivity contribution in [2.24, 2.45) is 0 Å². The van der Waals surface area contributed by atoms with Crippen LogP contribution in [0, 0.1) is 10.1 Å². The van der Waals surface area contributed by atoms with Crippen molar-refractivity contribution in [1.29, 1.82) is 0 Å². The van der Waals surface area contributed by atoms with Crippen LogP contribution >= 0.6 is 11.6 Å². The Morgan fingerprint density at radius 1 is 1.40 bits per heavy atom. The SMILES string of the molecule is COc1ccc(NCc2cc(Cl)ccc2[N+](=O)[O-])cn1. The summed E-state index contributed by atoms with van der Waals surface area (Å²) < 4.78 is 4.95. The van der Waals surface area contributed by atoms with Gasteiger partial charge in [-0.25, -0.2) is 4.98 Å². The van der Waals surface area contributed by atoms with Crippen LogP contribution in [-0.2, 0) is 6.54 Å². The Balaban J connectivity index is 2.13. The highest BCUT2D eigenvalue weighted by Gasteiger charge is 2.13. The fraction of sp³-hybridized carbons (Fsp3) is 0.154. The number of benzene rings is 1. The third kappa shape index (κ3) is 3.36. The number of nitrogens with zero attached hydrogens (tertiary/aromatic N) is 2. The first-order valence-electron chi connectivity index (χ1n) is 5.77. The lowest BCUT2D eigenvalue weighted by Crippen LogP contribution is -2.03. The summed E-state index contributed by atoms with van der Waals surface area (Å²) in [6.07, 6.45) is 1.59. The van der Waals surface area contributed by atoms with Gasteiger partial charge in [-0.05, 0) is 18.2 Å². The van der Waals surface area contributed by atoms with Gasteiger partial charge in [-0.3, -0.25) is 10.1 Å². The zero-order valence-corrected chi connectivity index (χ0v) is 11.4. The van der Waals surface area contributed by atoms with Gasteiger partial charge < -0.3 is 10.1 Å². The van der Waals surface area contributed by atoms with Crippen LogP contribution in [0.4, 0.5) is 11.4 Å². The van der Waals surface area contributed by atoms with Crippen LogP contribution in [0.15, 0.2) is 36.5 Å². The maximum atomic E-state index is 10.9. The molecule has 0 fully saturated rings. The minimum absolute atomic E-state index is 0.0309. The lowest BCUT2D eigenvalue weighted by atomic mass is 10.2. The summed E-state index contributed by atoms with van der Waals surface area (Å²) in [5.74, 6) is 0.504. The van der Waals surface area contributed by atoms with Crippen LogP contribution < -0.4 is 10.1 Å². The molecule has 104 valence electrons. The standard InChI is InChI=1S/C13H12ClN3O3/c1-20-13-5-3-11(8-16-13)15-7-9-6-10(14)2-4-12(9)17(18)19/h2-6,8,15H,7H2,1H3. The average Bonchev–Trinajstić information content (AvgIpc) is 2.45. The van der Waals surface area contributed by atoms with E-state index in [0.29, 0.717) is 16.5 Å². The van der Waals surface area contributed by atoms with E-state index < -0.39 is 4.92 Å². The van der Waals surface area contributed by atoms with E-state index in [4.69, 9.17) is 16.3 Å². The van der Waals surface area contributed by atoms with Crippen molar-refractivity contribution in [3.63, 3.8) is 0 Å². The second-order valence-electron chi connectivity index (χ2n) is 3.97. The number of anilines is 1. The Morgan fingerprint density at radius 3 is 2.80 bits per heavy atom. The number of nitro benzene ring substituents is 1. The number of aromatic nitrogens is 1. The van der Waals surface area contributed by atoms with Gasteiger partial charge in [0.1, 0.15) is 0 Å². The smallest absolute Gasteiger partial charge is 0.274 e. The van der Waals surface area contributed by atoms with E-state index in [1.165, 1.54) is 19.2 Å². The lowest BCUT2D eigenvalue weighted by molar-refractivity contribution is -0.385. The molecule has 2 aromatic rings. The molecule has 1 aromatic carbocycles. The molecule has 0 atom stereocenters. The van der Waals surface area contributed by atoms with Crippen molar-refractivity contribution in [3.8, 4) is 5.88 Å². The number of nitrogens with one attached hydrogen (secondary N) is 1. The van der Waals surface area contributed by atoms with Gasteiger partial charge in [0.2, 0.25) is 5.88 Å². The molecule has 6 nitrogen and oxygen atoms in total. The molecule has 1 aromatic heterocycles. The van der Waals surface area contributed by atoms with E-state index >= 15 is 0 Å². The Labute approximate surface area is 120 Å². The molecule has 0 bridgehead atoms. The average molecular weight is 294 g/mol. The number of hydrogen-bond acceptors (Lipinski definition) is 5. The van der Waals surface area contributed by atoms with E-state index in [-0.39, 0.29) is 12.2 Å². The molecule has 0 spiro atoms. The minimum atomic E-state index is -0.431. The highest BCUT2D eigenvalue weighted by molar-refractivity contribution is 6.30. The first-order chi connectivity index (χ1) is 9.60. The second-order valence-corrected chi connectivity index (χ2v) is 4.41. The van der Waals surface area contributed by atoms with Crippen LogP contribution in [0.1, 0.15) is 5.56 Å². The quantitative estimate of drug-likeness (QED) is 0.676. The predicted octanol–water partition coefficient (Wildman–Crippen LogP) is 3.26. The van der Waals surface area contributed by atoms with Gasteiger partial charge in [-0.1, -0.05) is 11.6 Å². The number of pyridine rings is 1. The number of nitro groups is 1. The van der Waals surface area contributed by atoms with E-state index in [1.54, 1.807) is 24.4 Å². The van der Waals surface area contributed by atoms with Gasteiger partial charge in [-0.15, -0.1) is 0 Å². The van der Waals surface area contributed by atoms with E-state index in [1.807, 2.05) is 0 Å². The molecule has 0 unspecified atom stereocenters. The molecule has 0 saturated heterocycles. The van der Waals surface area contributed by atoms with Crippen molar-refractivity contribution >= 4 is 23.0 Å². The summed E-state index contributed by atoms with van der Waals surface area (Å²) in [6.45, 7) is 0.283. The molecule has 7 heteroatoms. The Hall–Kier alpha value is -2.34. The van der Waals surface area contributed by atoms with Crippen LogP contribution in [0.2, 0.25) is 5.02 Å². The molecular weight excluding hydrogens is 282 g/mol. The molecule has 2 rings (SSSR count). The molecule has 0 aliphatic heterocycles. The maximum Gasteiger partial charge on any atom is 0.274 e. The summed E-state index contributed by atoms with van der Waals surface area (Å²) >= 11 is 5.86. The van der Waals surface area contributed by atoms with Gasteiger partial charge >= 0.3 is 0 Å². The van der Waals surface area contributed by atoms with Gasteiger partial charge in [0.05, 0.1) is 29.5 Å². The Morgan fingerprint density at radius 2 is 2.20 bits per heavy atom. The van der Waals surface area contributed by atoms with Gasteiger partial charge in [0.15, 0.2) is 0 Å². The largest absolute Gasteiger partial charge is 0.481 e. The highest BCUT2D eigenvalue weighted by Crippen LogP contribution is 2.23. The molecule has 0 saturated carbocycles. The summed E-state index contributed by atoms with van der Waals surface area (Å²) in [5.41, 5.74) is 1.28. The minimum Gasteiger partial charge on any atom is -0.481 e. The summed E-state index contributed by atoms with van der Waals surface area (Å²) in [5, 5.41) is 14.4. The molecule has 1 N–H and O–H groups in total. The topological polar surface area (TPSA) is 77.3 Å². The van der Waals surface area contributed by atoms with Crippen molar-refractivity contribution in [2.75, 3.05) is 12.4 Å². The first kappa shape index (κ1) is 14.1. The third-order valence-electron chi connectivity index (χ3n) is 2.67. The number of ether oxygens (including phenoxy) is 1. The van der Waals surface area contributed by atoms with Crippen LogP contribution in [0.25, 0.3) is 0 Å². The van der Waals surface area contributed by atoms with Crippen LogP contribution in [0.5, 0.6) is 5.88 Å². The summed E-state index contributed by atoms with van der Waals surface area (Å²) in [4.78, 5) is 14.5. The second kappa shape index (κ2) is 6.21. The van der Waals surface area contributed by atoms with E-state index in [9.17, 15) is 10.1 Å². The predicted molar refractivity (Wildman–Crippen MR) is 76.2 cm³/mol. The maximum absolute atomic E-state index is 10.9. The fourth-order valence-electron chi connectivity index (χ4n) is 1.68. The molecule has 0 aliphatic carbocycles. The molecule has 0 amide bonds. The van der Waals surface area contributed by atoms with Crippen molar-refractivity contribution in [3.05, 3.63) is 57.2 Å². The number of halogens is 1. The van der Waals surface area contributed by atoms with Crippen molar-refractivity contribution < 1.29 is 9.66 Å². The summed E-state index contributed by atoms with van der Waals surface area (Å²) in [7, 11) is 1.53. The number of hydrogen-bond donors (Lipinski definition) is 1. The van der Waals surface area contributed by atoms with Crippen LogP contribution in [-0.4, -0.2) is 17.0 Å². The van der Waals surface area contributed by atoms with Gasteiger partial charge in [0.25, 0.3) is 5.69 Å². The monoisotopic (exact) mass is 293 g/mol. The molecule has 20 heavy (non-hydrogen) atoms. The zero-order chi connectivity index (χ0) is 14.5.